The Balaban J connectivity index is 0.000000333. The summed E-state index contributed by atoms with van der Waals surface area (Å²) in [7, 11) is 0. The van der Waals surface area contributed by atoms with Gasteiger partial charge in [-0.15, -0.1) is 59.3 Å². The van der Waals surface area contributed by atoms with Gasteiger partial charge in [0.15, 0.2) is 0 Å². The second-order valence-electron chi connectivity index (χ2n) is 4.31. The molecule has 0 aliphatic heterocycles. The first-order chi connectivity index (χ1) is 8.93. The summed E-state index contributed by atoms with van der Waals surface area (Å²) < 4.78 is 0. The Morgan fingerprint density at radius 2 is 0.905 bits per heavy atom. The van der Waals surface area contributed by atoms with E-state index in [1.54, 1.807) is 0 Å². The Hall–Kier alpha value is -1.46. The van der Waals surface area contributed by atoms with Crippen LogP contribution in [0.25, 0.3) is 21.5 Å². The SMILES string of the molecule is [CH3-].[CH3-].[Zr].c1ccc2[cH-]ccc2c1.c1ccc2[cH-]ccc2c1. The van der Waals surface area contributed by atoms with Crippen LogP contribution in [0.3, 0.4) is 0 Å². The molecule has 0 atom stereocenters. The fourth-order valence-corrected chi connectivity index (χ4v) is 2.14. The first kappa shape index (κ1) is 19.5. The van der Waals surface area contributed by atoms with Gasteiger partial charge in [-0.3, -0.25) is 0 Å². The van der Waals surface area contributed by atoms with E-state index in [2.05, 4.69) is 84.9 Å². The van der Waals surface area contributed by atoms with Gasteiger partial charge >= 0.3 is 0 Å². The van der Waals surface area contributed by atoms with E-state index in [-0.39, 0.29) is 41.1 Å². The largest absolute Gasteiger partial charge is 0.358 e. The molecule has 4 aromatic carbocycles. The number of fused-ring (bicyclic) bond motifs is 2. The quantitative estimate of drug-likeness (QED) is 0.340. The maximum atomic E-state index is 2.12. The van der Waals surface area contributed by atoms with Gasteiger partial charge in [-0.05, 0) is 0 Å². The Bertz CT molecular complexity index is 620. The topological polar surface area (TPSA) is 0 Å². The molecule has 0 aromatic heterocycles. The van der Waals surface area contributed by atoms with Crippen LogP contribution in [0, 0.1) is 14.9 Å². The van der Waals surface area contributed by atoms with E-state index in [9.17, 15) is 0 Å². The van der Waals surface area contributed by atoms with Crippen molar-refractivity contribution in [1.82, 2.24) is 0 Å². The minimum Gasteiger partial charge on any atom is -0.358 e. The van der Waals surface area contributed by atoms with Crippen LogP contribution in [0.1, 0.15) is 0 Å². The third kappa shape index (κ3) is 4.79. The zero-order valence-corrected chi connectivity index (χ0v) is 15.0. The molecule has 0 bridgehead atoms. The standard InChI is InChI=1S/2C9H7.2CH3.Zr/c2*1-2-5-9-7-3-6-8(9)4-1;;;/h2*1-7H;2*1H3;/q4*-1;. The van der Waals surface area contributed by atoms with Crippen LogP contribution in [0.15, 0.2) is 84.9 Å². The van der Waals surface area contributed by atoms with Crippen molar-refractivity contribution >= 4 is 21.5 Å². The molecular formula is C20H20Zr-4. The minimum absolute atomic E-state index is 0. The predicted octanol–water partition coefficient (Wildman–Crippen LogP) is 6.02. The van der Waals surface area contributed by atoms with Crippen molar-refractivity contribution < 1.29 is 26.2 Å². The Kier molecular flexibility index (Phi) is 8.82. The van der Waals surface area contributed by atoms with Crippen LogP contribution in [0.5, 0.6) is 0 Å². The van der Waals surface area contributed by atoms with Gasteiger partial charge in [0.05, 0.1) is 0 Å². The van der Waals surface area contributed by atoms with Crippen LogP contribution in [-0.2, 0) is 26.2 Å². The summed E-state index contributed by atoms with van der Waals surface area (Å²) in [6.45, 7) is 0. The molecule has 108 valence electrons. The van der Waals surface area contributed by atoms with Gasteiger partial charge in [0.25, 0.3) is 0 Å². The van der Waals surface area contributed by atoms with Crippen molar-refractivity contribution in [1.29, 1.82) is 0 Å². The summed E-state index contributed by atoms with van der Waals surface area (Å²) in [4.78, 5) is 0. The summed E-state index contributed by atoms with van der Waals surface area (Å²) >= 11 is 0. The van der Waals surface area contributed by atoms with E-state index in [1.807, 2.05) is 0 Å². The first-order valence-electron chi connectivity index (χ1n) is 6.14. The molecule has 0 aliphatic rings. The molecule has 0 fully saturated rings. The molecule has 0 saturated carbocycles. The van der Waals surface area contributed by atoms with E-state index in [4.69, 9.17) is 0 Å². The molecule has 0 radical (unpaired) electrons. The summed E-state index contributed by atoms with van der Waals surface area (Å²) in [6.07, 6.45) is 0. The van der Waals surface area contributed by atoms with Gasteiger partial charge in [-0.1, -0.05) is 12.1 Å². The van der Waals surface area contributed by atoms with Crippen molar-refractivity contribution in [2.24, 2.45) is 0 Å². The van der Waals surface area contributed by atoms with E-state index in [0.717, 1.165) is 0 Å². The van der Waals surface area contributed by atoms with Crippen LogP contribution >= 0.6 is 0 Å². The van der Waals surface area contributed by atoms with E-state index in [1.165, 1.54) is 21.5 Å². The molecule has 0 saturated heterocycles. The zero-order valence-electron chi connectivity index (χ0n) is 12.6. The maximum absolute atomic E-state index is 2.12. The smallest absolute Gasteiger partial charge is 0 e. The summed E-state index contributed by atoms with van der Waals surface area (Å²) in [5.74, 6) is 0. The molecule has 0 spiro atoms. The van der Waals surface area contributed by atoms with Crippen molar-refractivity contribution in [3.63, 3.8) is 0 Å². The van der Waals surface area contributed by atoms with Crippen LogP contribution < -0.4 is 0 Å². The molecule has 0 nitrogen and oxygen atoms in total. The van der Waals surface area contributed by atoms with Gasteiger partial charge in [-0.25, -0.2) is 0 Å². The van der Waals surface area contributed by atoms with Crippen molar-refractivity contribution in [3.8, 4) is 0 Å². The number of benzene rings is 2. The molecule has 4 aromatic rings. The fourth-order valence-electron chi connectivity index (χ4n) is 2.14. The summed E-state index contributed by atoms with van der Waals surface area (Å²) in [6, 6.07) is 29.3. The third-order valence-corrected chi connectivity index (χ3v) is 3.10. The third-order valence-electron chi connectivity index (χ3n) is 3.10. The van der Waals surface area contributed by atoms with E-state index in [0.29, 0.717) is 0 Å². The Labute approximate surface area is 147 Å². The number of hydrogen-bond donors (Lipinski definition) is 0. The molecule has 21 heavy (non-hydrogen) atoms. The van der Waals surface area contributed by atoms with E-state index >= 15 is 0 Å². The van der Waals surface area contributed by atoms with Crippen molar-refractivity contribution in [2.45, 2.75) is 0 Å². The van der Waals surface area contributed by atoms with Crippen LogP contribution in [0.4, 0.5) is 0 Å². The number of rotatable bonds is 0. The molecule has 0 aliphatic carbocycles. The van der Waals surface area contributed by atoms with Crippen molar-refractivity contribution in [2.75, 3.05) is 0 Å². The van der Waals surface area contributed by atoms with Crippen molar-refractivity contribution in [3.05, 3.63) is 99.8 Å². The molecule has 0 heterocycles. The second kappa shape index (κ2) is 9.47. The zero-order chi connectivity index (χ0) is 12.2. The molecule has 0 N–H and O–H groups in total. The Morgan fingerprint density at radius 1 is 0.524 bits per heavy atom. The summed E-state index contributed by atoms with van der Waals surface area (Å²) in [5, 5.41) is 5.32. The minimum atomic E-state index is 0. The average molecular weight is 352 g/mol. The Morgan fingerprint density at radius 3 is 1.29 bits per heavy atom. The molecule has 4 rings (SSSR count). The van der Waals surface area contributed by atoms with Gasteiger partial charge in [0.2, 0.25) is 0 Å². The molecule has 1 heteroatoms. The van der Waals surface area contributed by atoms with Crippen LogP contribution in [0.2, 0.25) is 0 Å². The number of hydrogen-bond acceptors (Lipinski definition) is 0. The first-order valence-corrected chi connectivity index (χ1v) is 6.14. The second-order valence-corrected chi connectivity index (χ2v) is 4.31. The van der Waals surface area contributed by atoms with E-state index < -0.39 is 0 Å². The van der Waals surface area contributed by atoms with Gasteiger partial charge in [0, 0.05) is 26.2 Å². The fraction of sp³-hybridized carbons (Fsp3) is 0. The molecule has 0 unspecified atom stereocenters. The van der Waals surface area contributed by atoms with Gasteiger partial charge < -0.3 is 14.9 Å². The van der Waals surface area contributed by atoms with Gasteiger partial charge in [-0.2, -0.15) is 35.0 Å². The predicted molar refractivity (Wildman–Crippen MR) is 91.9 cm³/mol. The molecule has 0 amide bonds. The molecular weight excluding hydrogens is 331 g/mol. The van der Waals surface area contributed by atoms with Gasteiger partial charge in [0.1, 0.15) is 0 Å². The van der Waals surface area contributed by atoms with Crippen LogP contribution in [-0.4, -0.2) is 0 Å². The monoisotopic (exact) mass is 350 g/mol. The average Bonchev–Trinajstić information content (AvgIpc) is 3.08. The summed E-state index contributed by atoms with van der Waals surface area (Å²) in [5.41, 5.74) is 0. The normalized spacial score (nSPS) is 8.76. The maximum Gasteiger partial charge on any atom is 0 e.